The van der Waals surface area contributed by atoms with E-state index in [9.17, 15) is 14.3 Å². The lowest BCUT2D eigenvalue weighted by Gasteiger charge is -2.29. The Morgan fingerprint density at radius 3 is 2.45 bits per heavy atom. The summed E-state index contributed by atoms with van der Waals surface area (Å²) in [7, 11) is 0. The number of hydrogen-bond acceptors (Lipinski definition) is 3. The number of benzene rings is 2. The Hall–Kier alpha value is -2.56. The minimum atomic E-state index is -1.21. The molecule has 2 rings (SSSR count). The van der Waals surface area contributed by atoms with Gasteiger partial charge >= 0.3 is 0 Å². The lowest BCUT2D eigenvalue weighted by atomic mass is 9.90. The zero-order valence-electron chi connectivity index (χ0n) is 10.9. The highest BCUT2D eigenvalue weighted by Crippen LogP contribution is 2.27. The maximum atomic E-state index is 13.2. The predicted octanol–water partition coefficient (Wildman–Crippen LogP) is 2.34. The minimum absolute atomic E-state index is 0.0892. The van der Waals surface area contributed by atoms with Crippen LogP contribution in [0.4, 0.5) is 10.1 Å². The molecule has 0 fully saturated rings. The maximum Gasteiger partial charge on any atom is 0.247 e. The van der Waals surface area contributed by atoms with Crippen molar-refractivity contribution in [2.45, 2.75) is 12.5 Å². The molecule has 1 unspecified atom stereocenters. The maximum absolute atomic E-state index is 13.2. The minimum Gasteiger partial charge on any atom is -0.508 e. The van der Waals surface area contributed by atoms with Crippen molar-refractivity contribution < 1.29 is 14.3 Å². The number of anilines is 1. The Morgan fingerprint density at radius 2 is 1.90 bits per heavy atom. The van der Waals surface area contributed by atoms with Crippen LogP contribution in [0, 0.1) is 5.82 Å². The van der Waals surface area contributed by atoms with Crippen molar-refractivity contribution in [3.8, 4) is 5.75 Å². The predicted molar refractivity (Wildman–Crippen MR) is 74.7 cm³/mol. The number of nitrogens with one attached hydrogen (secondary N) is 1. The summed E-state index contributed by atoms with van der Waals surface area (Å²) in [6.07, 6.45) is 0. The van der Waals surface area contributed by atoms with Crippen LogP contribution in [0.3, 0.4) is 0 Å². The van der Waals surface area contributed by atoms with Gasteiger partial charge in [0.2, 0.25) is 5.91 Å². The molecular formula is C15H15FN2O2. The van der Waals surface area contributed by atoms with E-state index in [-0.39, 0.29) is 5.75 Å². The molecule has 4 N–H and O–H groups in total. The molecule has 0 saturated carbocycles. The van der Waals surface area contributed by atoms with E-state index in [2.05, 4.69) is 5.32 Å². The van der Waals surface area contributed by atoms with Crippen molar-refractivity contribution >= 4 is 11.6 Å². The van der Waals surface area contributed by atoms with E-state index in [0.717, 1.165) is 0 Å². The quantitative estimate of drug-likeness (QED) is 0.801. The lowest BCUT2D eigenvalue weighted by Crippen LogP contribution is -2.45. The molecule has 0 saturated heterocycles. The molecule has 0 aromatic heterocycles. The average molecular weight is 274 g/mol. The molecule has 4 nitrogen and oxygen atoms in total. The van der Waals surface area contributed by atoms with E-state index in [4.69, 9.17) is 5.73 Å². The van der Waals surface area contributed by atoms with Crippen molar-refractivity contribution in [3.05, 3.63) is 59.9 Å². The lowest BCUT2D eigenvalue weighted by molar-refractivity contribution is -0.122. The van der Waals surface area contributed by atoms with Gasteiger partial charge in [0.15, 0.2) is 0 Å². The number of halogens is 1. The summed E-state index contributed by atoms with van der Waals surface area (Å²) in [4.78, 5) is 11.8. The Morgan fingerprint density at radius 1 is 1.25 bits per heavy atom. The van der Waals surface area contributed by atoms with Gasteiger partial charge in [-0.15, -0.1) is 0 Å². The highest BCUT2D eigenvalue weighted by atomic mass is 19.1. The molecule has 2 aromatic rings. The van der Waals surface area contributed by atoms with Gasteiger partial charge in [0.1, 0.15) is 17.1 Å². The van der Waals surface area contributed by atoms with Crippen molar-refractivity contribution in [2.24, 2.45) is 5.73 Å². The number of rotatable bonds is 4. The molecule has 0 bridgehead atoms. The van der Waals surface area contributed by atoms with Gasteiger partial charge in [-0.3, -0.25) is 4.79 Å². The van der Waals surface area contributed by atoms with Crippen LogP contribution in [0.5, 0.6) is 5.75 Å². The van der Waals surface area contributed by atoms with Crippen LogP contribution in [0.25, 0.3) is 0 Å². The Kier molecular flexibility index (Phi) is 3.61. The number of nitrogens with two attached hydrogens (primary N) is 1. The number of hydrogen-bond donors (Lipinski definition) is 3. The molecule has 0 heterocycles. The van der Waals surface area contributed by atoms with E-state index < -0.39 is 17.3 Å². The summed E-state index contributed by atoms with van der Waals surface area (Å²) in [6, 6.07) is 11.9. The van der Waals surface area contributed by atoms with Gasteiger partial charge in [-0.1, -0.05) is 18.2 Å². The van der Waals surface area contributed by atoms with Gasteiger partial charge in [0.25, 0.3) is 0 Å². The first-order valence-corrected chi connectivity index (χ1v) is 6.05. The van der Waals surface area contributed by atoms with Crippen LogP contribution < -0.4 is 11.1 Å². The highest BCUT2D eigenvalue weighted by molar-refractivity contribution is 5.89. The smallest absolute Gasteiger partial charge is 0.247 e. The molecule has 0 radical (unpaired) electrons. The summed E-state index contributed by atoms with van der Waals surface area (Å²) >= 11 is 0. The van der Waals surface area contributed by atoms with E-state index in [1.54, 1.807) is 25.1 Å². The summed E-state index contributed by atoms with van der Waals surface area (Å²) in [6.45, 7) is 1.60. The standard InChI is InChI=1S/C15H15FN2O2/c1-15(14(17)20,10-5-7-13(19)8-6-10)18-12-4-2-3-11(16)9-12/h2-9,18-19H,1H3,(H2,17,20). The number of amides is 1. The zero-order chi connectivity index (χ0) is 14.8. The van der Waals surface area contributed by atoms with Crippen LogP contribution in [-0.2, 0) is 10.3 Å². The van der Waals surface area contributed by atoms with E-state index in [1.165, 1.54) is 30.3 Å². The average Bonchev–Trinajstić information content (AvgIpc) is 2.39. The third-order valence-corrected chi connectivity index (χ3v) is 3.16. The normalized spacial score (nSPS) is 13.5. The van der Waals surface area contributed by atoms with Gasteiger partial charge in [-0.25, -0.2) is 4.39 Å². The van der Waals surface area contributed by atoms with Crippen LogP contribution in [0.15, 0.2) is 48.5 Å². The van der Waals surface area contributed by atoms with Crippen LogP contribution in [-0.4, -0.2) is 11.0 Å². The van der Waals surface area contributed by atoms with E-state index in [0.29, 0.717) is 11.3 Å². The Labute approximate surface area is 116 Å². The van der Waals surface area contributed by atoms with Crippen LogP contribution in [0.1, 0.15) is 12.5 Å². The van der Waals surface area contributed by atoms with Crippen molar-refractivity contribution in [1.82, 2.24) is 0 Å². The number of carbonyl (C=O) groups is 1. The molecule has 104 valence electrons. The Bertz CT molecular complexity index is 628. The summed E-state index contributed by atoms with van der Waals surface area (Å²) in [5, 5.41) is 12.2. The van der Waals surface area contributed by atoms with Gasteiger partial charge < -0.3 is 16.2 Å². The third-order valence-electron chi connectivity index (χ3n) is 3.16. The second-order valence-corrected chi connectivity index (χ2v) is 4.67. The fraction of sp³-hybridized carbons (Fsp3) is 0.133. The van der Waals surface area contributed by atoms with Crippen molar-refractivity contribution in [2.75, 3.05) is 5.32 Å². The zero-order valence-corrected chi connectivity index (χ0v) is 10.9. The Balaban J connectivity index is 2.39. The van der Waals surface area contributed by atoms with Gasteiger partial charge in [0.05, 0.1) is 0 Å². The fourth-order valence-electron chi connectivity index (χ4n) is 1.93. The molecule has 0 aliphatic rings. The number of phenols is 1. The second kappa shape index (κ2) is 5.21. The number of aromatic hydroxyl groups is 1. The van der Waals surface area contributed by atoms with Gasteiger partial charge in [-0.05, 0) is 42.8 Å². The van der Waals surface area contributed by atoms with Gasteiger partial charge in [-0.2, -0.15) is 0 Å². The molecule has 1 amide bonds. The summed E-state index contributed by atoms with van der Waals surface area (Å²) in [5.74, 6) is -0.925. The largest absolute Gasteiger partial charge is 0.508 e. The van der Waals surface area contributed by atoms with Gasteiger partial charge in [0, 0.05) is 5.69 Å². The third kappa shape index (κ3) is 2.71. The van der Waals surface area contributed by atoms with Crippen LogP contribution >= 0.6 is 0 Å². The first-order valence-electron chi connectivity index (χ1n) is 6.05. The molecule has 1 atom stereocenters. The first kappa shape index (κ1) is 13.9. The molecule has 0 aliphatic carbocycles. The fourth-order valence-corrected chi connectivity index (χ4v) is 1.93. The second-order valence-electron chi connectivity index (χ2n) is 4.67. The monoisotopic (exact) mass is 274 g/mol. The molecule has 0 aliphatic heterocycles. The molecule has 5 heteroatoms. The number of primary amides is 1. The van der Waals surface area contributed by atoms with E-state index >= 15 is 0 Å². The molecule has 20 heavy (non-hydrogen) atoms. The van der Waals surface area contributed by atoms with Crippen molar-refractivity contribution in [3.63, 3.8) is 0 Å². The van der Waals surface area contributed by atoms with Crippen molar-refractivity contribution in [1.29, 1.82) is 0 Å². The summed E-state index contributed by atoms with van der Waals surface area (Å²) < 4.78 is 13.2. The summed E-state index contributed by atoms with van der Waals surface area (Å²) in [5.41, 5.74) is 5.28. The molecule has 2 aromatic carbocycles. The number of phenolic OH excluding ortho intramolecular Hbond substituents is 1. The molecular weight excluding hydrogens is 259 g/mol. The SMILES string of the molecule is CC(Nc1cccc(F)c1)(C(N)=O)c1ccc(O)cc1. The highest BCUT2D eigenvalue weighted by Gasteiger charge is 2.33. The van der Waals surface area contributed by atoms with Crippen LogP contribution in [0.2, 0.25) is 0 Å². The first-order chi connectivity index (χ1) is 9.41. The topological polar surface area (TPSA) is 75.3 Å². The van der Waals surface area contributed by atoms with E-state index in [1.807, 2.05) is 0 Å². The molecule has 0 spiro atoms. The number of carbonyl (C=O) groups excluding carboxylic acids is 1.